The van der Waals surface area contributed by atoms with Crippen LogP contribution in [0.25, 0.3) is 0 Å². The molecule has 0 saturated heterocycles. The Labute approximate surface area is 63.3 Å². The molecule has 2 heteroatoms. The standard InChI is InChI=1S/C8H8O2/c1-6-2-4-7(5-3-6)8(9)10/h2-5H,1H3,(H,9,10)/i1D3. The van der Waals surface area contributed by atoms with Crippen molar-refractivity contribution in [2.75, 3.05) is 0 Å². The van der Waals surface area contributed by atoms with Crippen LogP contribution in [0.2, 0.25) is 0 Å². The largest absolute Gasteiger partial charge is 0.478 e. The first-order chi connectivity index (χ1) is 5.91. The molecule has 0 heterocycles. The molecule has 2 nitrogen and oxygen atoms in total. The fourth-order valence-electron chi connectivity index (χ4n) is 0.613. The molecule has 0 spiro atoms. The molecule has 0 aromatic heterocycles. The van der Waals surface area contributed by atoms with Gasteiger partial charge in [0.1, 0.15) is 0 Å². The van der Waals surface area contributed by atoms with Gasteiger partial charge in [-0.05, 0) is 19.0 Å². The van der Waals surface area contributed by atoms with Crippen LogP contribution in [0.3, 0.4) is 0 Å². The first-order valence-electron chi connectivity index (χ1n) is 4.25. The van der Waals surface area contributed by atoms with Crippen molar-refractivity contribution in [2.45, 2.75) is 6.85 Å². The van der Waals surface area contributed by atoms with Gasteiger partial charge in [-0.25, -0.2) is 4.79 Å². The lowest BCUT2D eigenvalue weighted by Gasteiger charge is -1.92. The van der Waals surface area contributed by atoms with Crippen LogP contribution in [-0.4, -0.2) is 11.1 Å². The predicted octanol–water partition coefficient (Wildman–Crippen LogP) is 1.69. The third-order valence-electron chi connectivity index (χ3n) is 1.13. The van der Waals surface area contributed by atoms with E-state index in [0.717, 1.165) is 0 Å². The summed E-state index contributed by atoms with van der Waals surface area (Å²) in [5.74, 6) is -1.06. The summed E-state index contributed by atoms with van der Waals surface area (Å²) in [6.07, 6.45) is 0. The zero-order valence-electron chi connectivity index (χ0n) is 8.16. The van der Waals surface area contributed by atoms with Gasteiger partial charge in [0.2, 0.25) is 0 Å². The van der Waals surface area contributed by atoms with Crippen molar-refractivity contribution in [1.82, 2.24) is 0 Å². The van der Waals surface area contributed by atoms with Gasteiger partial charge < -0.3 is 5.11 Å². The molecule has 0 radical (unpaired) electrons. The molecule has 0 unspecified atom stereocenters. The normalized spacial score (nSPS) is 15.0. The van der Waals surface area contributed by atoms with Crippen molar-refractivity contribution in [2.24, 2.45) is 0 Å². The van der Waals surface area contributed by atoms with E-state index in [1.54, 1.807) is 0 Å². The van der Waals surface area contributed by atoms with Gasteiger partial charge in [0, 0.05) is 4.11 Å². The topological polar surface area (TPSA) is 37.3 Å². The molecular weight excluding hydrogens is 128 g/mol. The second-order valence-corrected chi connectivity index (χ2v) is 1.88. The van der Waals surface area contributed by atoms with E-state index in [0.29, 0.717) is 0 Å². The molecule has 1 N–H and O–H groups in total. The van der Waals surface area contributed by atoms with Gasteiger partial charge in [-0.15, -0.1) is 0 Å². The van der Waals surface area contributed by atoms with Crippen LogP contribution in [-0.2, 0) is 0 Å². The molecule has 0 aliphatic heterocycles. The lowest BCUT2D eigenvalue weighted by atomic mass is 10.2. The van der Waals surface area contributed by atoms with E-state index in [9.17, 15) is 4.79 Å². The minimum absolute atomic E-state index is 0.0907. The number of hydrogen-bond donors (Lipinski definition) is 1. The Morgan fingerprint density at radius 2 is 2.10 bits per heavy atom. The summed E-state index contributed by atoms with van der Waals surface area (Å²) < 4.78 is 21.1. The number of carboxylic acid groups (broad SMARTS) is 1. The Balaban J connectivity index is 3.01. The molecule has 0 saturated carbocycles. The minimum atomic E-state index is -2.17. The van der Waals surface area contributed by atoms with Crippen molar-refractivity contribution in [3.8, 4) is 0 Å². The number of benzene rings is 1. The molecule has 52 valence electrons. The predicted molar refractivity (Wildman–Crippen MR) is 38.1 cm³/mol. The third kappa shape index (κ3) is 1.35. The van der Waals surface area contributed by atoms with Crippen LogP contribution in [0.5, 0.6) is 0 Å². The highest BCUT2D eigenvalue weighted by Crippen LogP contribution is 2.01. The number of carbonyl (C=O) groups is 1. The maximum absolute atomic E-state index is 10.4. The van der Waals surface area contributed by atoms with Gasteiger partial charge >= 0.3 is 5.97 Å². The summed E-state index contributed by atoms with van der Waals surface area (Å²) in [4.78, 5) is 10.4. The Morgan fingerprint density at radius 3 is 2.50 bits per heavy atom. The number of carboxylic acids is 1. The minimum Gasteiger partial charge on any atom is -0.478 e. The van der Waals surface area contributed by atoms with Gasteiger partial charge in [-0.3, -0.25) is 0 Å². The number of rotatable bonds is 1. The van der Waals surface area contributed by atoms with Crippen LogP contribution in [0.15, 0.2) is 24.3 Å². The van der Waals surface area contributed by atoms with Crippen molar-refractivity contribution < 1.29 is 14.0 Å². The first kappa shape index (κ1) is 3.76. The Morgan fingerprint density at radius 1 is 1.50 bits per heavy atom. The Bertz CT molecular complexity index is 313. The number of aromatic carboxylic acids is 1. The fraction of sp³-hybridized carbons (Fsp3) is 0.125. The molecular formula is C8H8O2. The van der Waals surface area contributed by atoms with E-state index < -0.39 is 12.8 Å². The number of aryl methyl sites for hydroxylation is 1. The van der Waals surface area contributed by atoms with Crippen LogP contribution in [0, 0.1) is 6.85 Å². The van der Waals surface area contributed by atoms with Gasteiger partial charge in [0.05, 0.1) is 5.56 Å². The fourth-order valence-corrected chi connectivity index (χ4v) is 0.613. The van der Waals surface area contributed by atoms with Crippen molar-refractivity contribution in [3.63, 3.8) is 0 Å². The highest BCUT2D eigenvalue weighted by Gasteiger charge is 1.98. The second kappa shape index (κ2) is 2.52. The molecule has 0 atom stereocenters. The summed E-state index contributed by atoms with van der Waals surface area (Å²) >= 11 is 0. The molecule has 0 amide bonds. The molecule has 10 heavy (non-hydrogen) atoms. The third-order valence-corrected chi connectivity index (χ3v) is 1.13. The molecule has 1 rings (SSSR count). The second-order valence-electron chi connectivity index (χ2n) is 1.88. The van der Waals surface area contributed by atoms with Gasteiger partial charge in [0.15, 0.2) is 0 Å². The van der Waals surface area contributed by atoms with Crippen LogP contribution in [0.1, 0.15) is 20.0 Å². The maximum atomic E-state index is 10.4. The summed E-state index contributed by atoms with van der Waals surface area (Å²) in [6.45, 7) is -2.17. The lowest BCUT2D eigenvalue weighted by Crippen LogP contribution is -1.94. The molecule has 0 bridgehead atoms. The number of hydrogen-bond acceptors (Lipinski definition) is 1. The average Bonchev–Trinajstić information content (AvgIpc) is 2.03. The van der Waals surface area contributed by atoms with Crippen molar-refractivity contribution in [1.29, 1.82) is 0 Å². The molecule has 1 aromatic carbocycles. The molecule has 1 aromatic rings. The van der Waals surface area contributed by atoms with E-state index in [1.807, 2.05) is 0 Å². The Hall–Kier alpha value is -1.31. The molecule has 0 fully saturated rings. The smallest absolute Gasteiger partial charge is 0.335 e. The van der Waals surface area contributed by atoms with Crippen LogP contribution >= 0.6 is 0 Å². The molecule has 0 aliphatic rings. The van der Waals surface area contributed by atoms with Crippen LogP contribution < -0.4 is 0 Å². The van der Waals surface area contributed by atoms with Gasteiger partial charge in [-0.1, -0.05) is 17.7 Å². The maximum Gasteiger partial charge on any atom is 0.335 e. The zero-order chi connectivity index (χ0) is 10.1. The zero-order valence-corrected chi connectivity index (χ0v) is 5.16. The molecule has 0 aliphatic carbocycles. The summed E-state index contributed by atoms with van der Waals surface area (Å²) in [7, 11) is 0. The van der Waals surface area contributed by atoms with Gasteiger partial charge in [-0.2, -0.15) is 0 Å². The lowest BCUT2D eigenvalue weighted by molar-refractivity contribution is 0.0697. The summed E-state index contributed by atoms with van der Waals surface area (Å²) in [5.41, 5.74) is 0.241. The van der Waals surface area contributed by atoms with Crippen LogP contribution in [0.4, 0.5) is 0 Å². The Kier molecular flexibility index (Phi) is 0.947. The highest BCUT2D eigenvalue weighted by molar-refractivity contribution is 5.87. The average molecular weight is 139 g/mol. The summed E-state index contributed by atoms with van der Waals surface area (Å²) in [6, 6.07) is 5.17. The SMILES string of the molecule is [2H]C([2H])([2H])c1ccc(C(=O)O)cc1. The van der Waals surface area contributed by atoms with E-state index >= 15 is 0 Å². The van der Waals surface area contributed by atoms with E-state index in [4.69, 9.17) is 9.22 Å². The van der Waals surface area contributed by atoms with Crippen molar-refractivity contribution >= 4 is 5.97 Å². The van der Waals surface area contributed by atoms with E-state index in [1.165, 1.54) is 24.3 Å². The van der Waals surface area contributed by atoms with E-state index in [-0.39, 0.29) is 11.1 Å². The summed E-state index contributed by atoms with van der Waals surface area (Å²) in [5, 5.41) is 8.54. The van der Waals surface area contributed by atoms with Gasteiger partial charge in [0.25, 0.3) is 0 Å². The first-order valence-corrected chi connectivity index (χ1v) is 2.75. The monoisotopic (exact) mass is 139 g/mol. The highest BCUT2D eigenvalue weighted by atomic mass is 16.4. The van der Waals surface area contributed by atoms with E-state index in [2.05, 4.69) is 0 Å². The quantitative estimate of drug-likeness (QED) is 0.642. The van der Waals surface area contributed by atoms with Crippen molar-refractivity contribution in [3.05, 3.63) is 35.4 Å².